The number of aldehydes is 2. The molecule has 4 rings (SSSR count). The van der Waals surface area contributed by atoms with E-state index in [-0.39, 0.29) is 0 Å². The number of hydrogen-bond acceptors (Lipinski definition) is 2. The van der Waals surface area contributed by atoms with Gasteiger partial charge in [0.2, 0.25) is 0 Å². The van der Waals surface area contributed by atoms with Crippen molar-refractivity contribution < 1.29 is 9.59 Å². The van der Waals surface area contributed by atoms with Crippen LogP contribution in [-0.4, -0.2) is 12.6 Å². The summed E-state index contributed by atoms with van der Waals surface area (Å²) in [5.41, 5.74) is 1.28. The molecule has 0 saturated carbocycles. The number of fused-ring (bicyclic) bond motifs is 2. The third-order valence-corrected chi connectivity index (χ3v) is 8.52. The van der Waals surface area contributed by atoms with Gasteiger partial charge in [-0.15, -0.1) is 0 Å². The average Bonchev–Trinajstić information content (AvgIpc) is 2.70. The largest absolute Gasteiger partial charge is 0.298 e. The van der Waals surface area contributed by atoms with Gasteiger partial charge in [0.15, 0.2) is 12.6 Å². The molecule has 0 aliphatic rings. The van der Waals surface area contributed by atoms with Gasteiger partial charge >= 0.3 is 0 Å². The van der Waals surface area contributed by atoms with Crippen molar-refractivity contribution in [1.82, 2.24) is 0 Å². The summed E-state index contributed by atoms with van der Waals surface area (Å²) >= 11 is 20.5. The van der Waals surface area contributed by atoms with Gasteiger partial charge in [-0.05, 0) is 116 Å². The maximum Gasteiger partial charge on any atom is 0.152 e. The van der Waals surface area contributed by atoms with Crippen LogP contribution in [0.3, 0.4) is 0 Å². The Labute approximate surface area is 223 Å². The molecule has 0 atom stereocenters. The van der Waals surface area contributed by atoms with Gasteiger partial charge in [-0.1, -0.05) is 50.1 Å². The lowest BCUT2D eigenvalue weighted by atomic mass is 10.1. The summed E-state index contributed by atoms with van der Waals surface area (Å²) in [6.45, 7) is 0. The van der Waals surface area contributed by atoms with Crippen molar-refractivity contribution in [2.75, 3.05) is 0 Å². The van der Waals surface area contributed by atoms with E-state index in [2.05, 4.69) is 95.6 Å². The molecular formula is C22H10Br6O2. The van der Waals surface area contributed by atoms with Gasteiger partial charge in [0.05, 0.1) is 0 Å². The summed E-state index contributed by atoms with van der Waals surface area (Å²) in [7, 11) is 0. The highest BCUT2D eigenvalue weighted by molar-refractivity contribution is 9.11. The second-order valence-electron chi connectivity index (χ2n) is 6.11. The summed E-state index contributed by atoms with van der Waals surface area (Å²) in [5, 5.41) is 4.20. The average molecular weight is 786 g/mol. The Morgan fingerprint density at radius 2 is 1.17 bits per heavy atom. The van der Waals surface area contributed by atoms with Crippen LogP contribution in [0.2, 0.25) is 0 Å². The molecular weight excluding hydrogens is 776 g/mol. The quantitative estimate of drug-likeness (QED) is 0.190. The van der Waals surface area contributed by atoms with Crippen molar-refractivity contribution in [3.8, 4) is 0 Å². The molecule has 4 aromatic carbocycles. The lowest BCUT2D eigenvalue weighted by Gasteiger charge is -2.07. The van der Waals surface area contributed by atoms with Crippen LogP contribution in [0.15, 0.2) is 75.4 Å². The second-order valence-corrected chi connectivity index (χ2v) is 11.2. The number of hydrogen-bond donors (Lipinski definition) is 0. The molecule has 0 aromatic heterocycles. The molecule has 4 aromatic rings. The first kappa shape index (κ1) is 24.3. The van der Waals surface area contributed by atoms with Crippen LogP contribution in [-0.2, 0) is 0 Å². The van der Waals surface area contributed by atoms with E-state index in [0.29, 0.717) is 11.1 Å². The SMILES string of the molecule is O=Cc1c(Br)cc2c(Br)cccc2c1Br.O=Cc1c(Br)cc2cc(Br)ccc2c1Br. The molecule has 152 valence electrons. The summed E-state index contributed by atoms with van der Waals surface area (Å²) in [6, 6.07) is 15.7. The Balaban J connectivity index is 0.000000171. The molecule has 2 nitrogen and oxygen atoms in total. The van der Waals surface area contributed by atoms with E-state index in [1.807, 2.05) is 48.5 Å². The first-order chi connectivity index (χ1) is 14.3. The Morgan fingerprint density at radius 3 is 1.80 bits per heavy atom. The summed E-state index contributed by atoms with van der Waals surface area (Å²) in [5.74, 6) is 0. The summed E-state index contributed by atoms with van der Waals surface area (Å²) in [6.07, 6.45) is 1.68. The molecule has 0 saturated heterocycles. The minimum atomic E-state index is 0.639. The second kappa shape index (κ2) is 10.5. The summed E-state index contributed by atoms with van der Waals surface area (Å²) in [4.78, 5) is 21.8. The fourth-order valence-corrected chi connectivity index (χ4v) is 6.63. The highest BCUT2D eigenvalue weighted by Crippen LogP contribution is 2.36. The predicted octanol–water partition coefficient (Wildman–Crippen LogP) is 9.88. The molecule has 0 bridgehead atoms. The number of carbonyl (C=O) groups is 2. The maximum absolute atomic E-state index is 10.9. The van der Waals surface area contributed by atoms with Crippen LogP contribution in [0.5, 0.6) is 0 Å². The van der Waals surface area contributed by atoms with Gasteiger partial charge in [-0.25, -0.2) is 0 Å². The van der Waals surface area contributed by atoms with E-state index in [0.717, 1.165) is 61.0 Å². The maximum atomic E-state index is 10.9. The molecule has 0 unspecified atom stereocenters. The van der Waals surface area contributed by atoms with Crippen molar-refractivity contribution in [3.05, 3.63) is 86.5 Å². The van der Waals surface area contributed by atoms with Crippen LogP contribution in [0.4, 0.5) is 0 Å². The van der Waals surface area contributed by atoms with Gasteiger partial charge in [0.1, 0.15) is 0 Å². The molecule has 0 radical (unpaired) electrons. The minimum Gasteiger partial charge on any atom is -0.298 e. The molecule has 8 heteroatoms. The number of carbonyl (C=O) groups excluding carboxylic acids is 2. The number of rotatable bonds is 2. The molecule has 0 heterocycles. The van der Waals surface area contributed by atoms with E-state index < -0.39 is 0 Å². The predicted molar refractivity (Wildman–Crippen MR) is 145 cm³/mol. The van der Waals surface area contributed by atoms with Gasteiger partial charge in [-0.3, -0.25) is 9.59 Å². The molecule has 30 heavy (non-hydrogen) atoms. The van der Waals surface area contributed by atoms with Gasteiger partial charge in [0, 0.05) is 38.0 Å². The molecule has 0 N–H and O–H groups in total. The van der Waals surface area contributed by atoms with Crippen molar-refractivity contribution in [1.29, 1.82) is 0 Å². The van der Waals surface area contributed by atoms with Crippen molar-refractivity contribution in [3.63, 3.8) is 0 Å². The fourth-order valence-electron chi connectivity index (χ4n) is 2.86. The zero-order valence-electron chi connectivity index (χ0n) is 14.9. The third-order valence-electron chi connectivity index (χ3n) is 4.32. The molecule has 0 spiro atoms. The van der Waals surface area contributed by atoms with Crippen LogP contribution < -0.4 is 0 Å². The van der Waals surface area contributed by atoms with Crippen LogP contribution >= 0.6 is 95.6 Å². The topological polar surface area (TPSA) is 34.1 Å². The monoisotopic (exact) mass is 780 g/mol. The molecule has 0 amide bonds. The Kier molecular flexibility index (Phi) is 8.49. The Bertz CT molecular complexity index is 1300. The number of benzene rings is 4. The lowest BCUT2D eigenvalue weighted by molar-refractivity contribution is 0.111. The first-order valence-electron chi connectivity index (χ1n) is 8.32. The zero-order valence-corrected chi connectivity index (χ0v) is 24.4. The van der Waals surface area contributed by atoms with E-state index in [1.54, 1.807) is 0 Å². The third kappa shape index (κ3) is 4.99. The van der Waals surface area contributed by atoms with E-state index >= 15 is 0 Å². The highest BCUT2D eigenvalue weighted by atomic mass is 79.9. The molecule has 0 fully saturated rings. The fraction of sp³-hybridized carbons (Fsp3) is 0. The van der Waals surface area contributed by atoms with Crippen LogP contribution in [0, 0.1) is 0 Å². The van der Waals surface area contributed by atoms with E-state index in [9.17, 15) is 9.59 Å². The highest BCUT2D eigenvalue weighted by Gasteiger charge is 2.11. The minimum absolute atomic E-state index is 0.639. The van der Waals surface area contributed by atoms with Crippen molar-refractivity contribution in [2.45, 2.75) is 0 Å². The standard InChI is InChI=1S/2C11H5Br3O/c12-7-1-2-8-6(3-7)4-10(13)9(5-15)11(8)14;12-9-3-1-2-6-7(9)4-10(13)8(5-15)11(6)14/h2*1-5H. The summed E-state index contributed by atoms with van der Waals surface area (Å²) < 4.78 is 5.28. The van der Waals surface area contributed by atoms with Crippen molar-refractivity contribution >= 4 is 130 Å². The number of halogens is 6. The van der Waals surface area contributed by atoms with Crippen LogP contribution in [0.25, 0.3) is 21.5 Å². The van der Waals surface area contributed by atoms with E-state index in [4.69, 9.17) is 0 Å². The van der Waals surface area contributed by atoms with Gasteiger partial charge < -0.3 is 0 Å². The molecule has 0 aliphatic heterocycles. The normalized spacial score (nSPS) is 10.6. The Hall–Kier alpha value is -0.380. The van der Waals surface area contributed by atoms with Gasteiger partial charge in [0.25, 0.3) is 0 Å². The van der Waals surface area contributed by atoms with Crippen LogP contribution in [0.1, 0.15) is 20.7 Å². The molecule has 0 aliphatic carbocycles. The smallest absolute Gasteiger partial charge is 0.152 e. The van der Waals surface area contributed by atoms with Gasteiger partial charge in [-0.2, -0.15) is 0 Å². The first-order valence-corrected chi connectivity index (χ1v) is 13.1. The van der Waals surface area contributed by atoms with E-state index in [1.165, 1.54) is 0 Å². The lowest BCUT2D eigenvalue weighted by Crippen LogP contribution is -1.87. The zero-order chi connectivity index (χ0) is 22.0. The van der Waals surface area contributed by atoms with Crippen molar-refractivity contribution in [2.24, 2.45) is 0 Å². The Morgan fingerprint density at radius 1 is 0.567 bits per heavy atom.